The van der Waals surface area contributed by atoms with E-state index in [2.05, 4.69) is 10.0 Å². The molecular weight excluding hydrogens is 380 g/mol. The minimum atomic E-state index is -3.62. The van der Waals surface area contributed by atoms with E-state index in [4.69, 9.17) is 9.47 Å². The highest BCUT2D eigenvalue weighted by atomic mass is 32.2. The monoisotopic (exact) mass is 406 g/mol. The number of sulfonamides is 1. The lowest BCUT2D eigenvalue weighted by molar-refractivity contribution is 0.0947. The van der Waals surface area contributed by atoms with E-state index in [-0.39, 0.29) is 24.0 Å². The van der Waals surface area contributed by atoms with Gasteiger partial charge in [0.15, 0.2) is 0 Å². The van der Waals surface area contributed by atoms with E-state index < -0.39 is 10.0 Å². The highest BCUT2D eigenvalue weighted by Crippen LogP contribution is 2.21. The molecule has 0 atom stereocenters. The van der Waals surface area contributed by atoms with Crippen molar-refractivity contribution in [1.29, 1.82) is 0 Å². The van der Waals surface area contributed by atoms with Gasteiger partial charge < -0.3 is 14.8 Å². The number of aryl methyl sites for hydroxylation is 2. The lowest BCUT2D eigenvalue weighted by Crippen LogP contribution is -2.29. The second kappa shape index (κ2) is 10.2. The first-order valence-electron chi connectivity index (χ1n) is 8.91. The third-order valence-corrected chi connectivity index (χ3v) is 5.54. The number of hydrogen-bond donors (Lipinski definition) is 2. The van der Waals surface area contributed by atoms with E-state index in [1.165, 1.54) is 31.4 Å². The SMILES string of the molecule is COCCNS(=O)(=O)c1ccc(C(=O)NCCOc2c(C)cccc2C)cc1. The molecular formula is C20H26N2O5S. The number of methoxy groups -OCH3 is 1. The van der Waals surface area contributed by atoms with Crippen molar-refractivity contribution in [2.45, 2.75) is 18.7 Å². The molecule has 0 aliphatic carbocycles. The Kier molecular flexibility index (Phi) is 7.98. The molecule has 28 heavy (non-hydrogen) atoms. The molecule has 7 nitrogen and oxygen atoms in total. The molecule has 2 aromatic rings. The molecule has 2 N–H and O–H groups in total. The Labute approximate surface area is 166 Å². The number of nitrogens with one attached hydrogen (secondary N) is 2. The van der Waals surface area contributed by atoms with Gasteiger partial charge in [0.1, 0.15) is 12.4 Å². The first kappa shape index (κ1) is 21.9. The van der Waals surface area contributed by atoms with Gasteiger partial charge in [0.05, 0.1) is 18.0 Å². The van der Waals surface area contributed by atoms with E-state index in [0.29, 0.717) is 18.7 Å². The predicted molar refractivity (Wildman–Crippen MR) is 107 cm³/mol. The Morgan fingerprint density at radius 1 is 0.964 bits per heavy atom. The van der Waals surface area contributed by atoms with Gasteiger partial charge in [-0.05, 0) is 49.2 Å². The van der Waals surface area contributed by atoms with Crippen LogP contribution in [0.1, 0.15) is 21.5 Å². The molecule has 0 saturated carbocycles. The number of benzene rings is 2. The number of rotatable bonds is 10. The molecule has 0 saturated heterocycles. The summed E-state index contributed by atoms with van der Waals surface area (Å²) in [7, 11) is -2.12. The first-order chi connectivity index (χ1) is 13.3. The van der Waals surface area contributed by atoms with E-state index >= 15 is 0 Å². The summed E-state index contributed by atoms with van der Waals surface area (Å²) >= 11 is 0. The summed E-state index contributed by atoms with van der Waals surface area (Å²) in [5.41, 5.74) is 2.47. The predicted octanol–water partition coefficient (Wildman–Crippen LogP) is 2.04. The van der Waals surface area contributed by atoms with E-state index in [1.54, 1.807) is 0 Å². The Morgan fingerprint density at radius 2 is 1.61 bits per heavy atom. The van der Waals surface area contributed by atoms with Crippen molar-refractivity contribution in [3.8, 4) is 5.75 Å². The molecule has 1 amide bonds. The Balaban J connectivity index is 1.86. The number of amides is 1. The summed E-state index contributed by atoms with van der Waals surface area (Å²) in [5.74, 6) is 0.536. The van der Waals surface area contributed by atoms with Gasteiger partial charge in [-0.3, -0.25) is 4.79 Å². The van der Waals surface area contributed by atoms with Crippen LogP contribution in [0.25, 0.3) is 0 Å². The maximum absolute atomic E-state index is 12.2. The molecule has 0 aliphatic heterocycles. The summed E-state index contributed by atoms with van der Waals surface area (Å²) in [6.45, 7) is 5.09. The van der Waals surface area contributed by atoms with Crippen molar-refractivity contribution in [1.82, 2.24) is 10.0 Å². The van der Waals surface area contributed by atoms with Crippen LogP contribution in [-0.4, -0.2) is 47.7 Å². The topological polar surface area (TPSA) is 93.7 Å². The van der Waals surface area contributed by atoms with Gasteiger partial charge >= 0.3 is 0 Å². The first-order valence-corrected chi connectivity index (χ1v) is 10.4. The van der Waals surface area contributed by atoms with Gasteiger partial charge in [0, 0.05) is 19.2 Å². The van der Waals surface area contributed by atoms with Crippen LogP contribution in [0, 0.1) is 13.8 Å². The maximum Gasteiger partial charge on any atom is 0.251 e. The molecule has 2 rings (SSSR count). The number of carbonyl (C=O) groups is 1. The molecule has 2 aromatic carbocycles. The number of hydrogen-bond acceptors (Lipinski definition) is 5. The van der Waals surface area contributed by atoms with Gasteiger partial charge in [-0.2, -0.15) is 0 Å². The van der Waals surface area contributed by atoms with E-state index in [0.717, 1.165) is 16.9 Å². The van der Waals surface area contributed by atoms with Crippen molar-refractivity contribution >= 4 is 15.9 Å². The summed E-state index contributed by atoms with van der Waals surface area (Å²) in [6, 6.07) is 11.7. The molecule has 0 aliphatic rings. The smallest absolute Gasteiger partial charge is 0.251 e. The minimum absolute atomic E-state index is 0.0958. The molecule has 8 heteroatoms. The fraction of sp³-hybridized carbons (Fsp3) is 0.350. The highest BCUT2D eigenvalue weighted by molar-refractivity contribution is 7.89. The Hall–Kier alpha value is -2.42. The Bertz CT molecular complexity index is 875. The summed E-state index contributed by atoms with van der Waals surface area (Å²) in [4.78, 5) is 12.3. The van der Waals surface area contributed by atoms with Gasteiger partial charge in [-0.25, -0.2) is 13.1 Å². The molecule has 0 unspecified atom stereocenters. The molecule has 0 bridgehead atoms. The summed E-state index contributed by atoms with van der Waals surface area (Å²) in [6.07, 6.45) is 0. The van der Waals surface area contributed by atoms with Crippen LogP contribution < -0.4 is 14.8 Å². The van der Waals surface area contributed by atoms with Gasteiger partial charge in [-0.1, -0.05) is 18.2 Å². The summed E-state index contributed by atoms with van der Waals surface area (Å²) in [5, 5.41) is 2.76. The zero-order chi connectivity index (χ0) is 20.6. The van der Waals surface area contributed by atoms with Crippen LogP contribution in [0.5, 0.6) is 5.75 Å². The fourth-order valence-corrected chi connectivity index (χ4v) is 3.61. The quantitative estimate of drug-likeness (QED) is 0.589. The zero-order valence-electron chi connectivity index (χ0n) is 16.3. The van der Waals surface area contributed by atoms with Crippen LogP contribution in [0.3, 0.4) is 0 Å². The second-order valence-electron chi connectivity index (χ2n) is 6.24. The number of carbonyl (C=O) groups excluding carboxylic acids is 1. The van der Waals surface area contributed by atoms with Gasteiger partial charge in [0.25, 0.3) is 5.91 Å². The maximum atomic E-state index is 12.2. The third kappa shape index (κ3) is 6.05. The Morgan fingerprint density at radius 3 is 2.21 bits per heavy atom. The van der Waals surface area contributed by atoms with Crippen molar-refractivity contribution in [2.24, 2.45) is 0 Å². The van der Waals surface area contributed by atoms with Crippen molar-refractivity contribution in [3.63, 3.8) is 0 Å². The van der Waals surface area contributed by atoms with Crippen LogP contribution >= 0.6 is 0 Å². The highest BCUT2D eigenvalue weighted by Gasteiger charge is 2.14. The molecule has 152 valence electrons. The van der Waals surface area contributed by atoms with Crippen molar-refractivity contribution < 1.29 is 22.7 Å². The van der Waals surface area contributed by atoms with Gasteiger partial charge in [0.2, 0.25) is 10.0 Å². The van der Waals surface area contributed by atoms with E-state index in [9.17, 15) is 13.2 Å². The van der Waals surface area contributed by atoms with Gasteiger partial charge in [-0.15, -0.1) is 0 Å². The summed E-state index contributed by atoms with van der Waals surface area (Å²) < 4.78 is 37.2. The number of para-hydroxylation sites is 1. The van der Waals surface area contributed by atoms with Crippen LogP contribution in [0.15, 0.2) is 47.4 Å². The average molecular weight is 407 g/mol. The fourth-order valence-electron chi connectivity index (χ4n) is 2.59. The average Bonchev–Trinajstić information content (AvgIpc) is 2.67. The second-order valence-corrected chi connectivity index (χ2v) is 8.01. The zero-order valence-corrected chi connectivity index (χ0v) is 17.1. The van der Waals surface area contributed by atoms with Crippen molar-refractivity contribution in [2.75, 3.05) is 33.4 Å². The minimum Gasteiger partial charge on any atom is -0.491 e. The number of ether oxygens (including phenoxy) is 2. The molecule has 0 aromatic heterocycles. The largest absolute Gasteiger partial charge is 0.491 e. The molecule has 0 radical (unpaired) electrons. The lowest BCUT2D eigenvalue weighted by Gasteiger charge is -2.12. The molecule has 0 heterocycles. The van der Waals surface area contributed by atoms with E-state index in [1.807, 2.05) is 32.0 Å². The third-order valence-electron chi connectivity index (χ3n) is 4.07. The van der Waals surface area contributed by atoms with Crippen LogP contribution in [0.2, 0.25) is 0 Å². The normalized spacial score (nSPS) is 11.2. The van der Waals surface area contributed by atoms with Crippen molar-refractivity contribution in [3.05, 3.63) is 59.2 Å². The lowest BCUT2D eigenvalue weighted by atomic mass is 10.1. The standard InChI is InChI=1S/C20H26N2O5S/c1-15-5-4-6-16(2)19(15)27-14-11-21-20(23)17-7-9-18(10-8-17)28(24,25)22-12-13-26-3/h4-10,22H,11-14H2,1-3H3,(H,21,23). The molecule has 0 fully saturated rings. The molecule has 0 spiro atoms. The van der Waals surface area contributed by atoms with Crippen LogP contribution in [0.4, 0.5) is 0 Å². The van der Waals surface area contributed by atoms with Crippen LogP contribution in [-0.2, 0) is 14.8 Å².